The third kappa shape index (κ3) is 5.92. The lowest BCUT2D eigenvalue weighted by atomic mass is 10.1. The van der Waals surface area contributed by atoms with Gasteiger partial charge in [0.05, 0.1) is 27.9 Å². The molecule has 0 aliphatic heterocycles. The first kappa shape index (κ1) is 23.6. The number of anilines is 2. The van der Waals surface area contributed by atoms with Gasteiger partial charge in [-0.15, -0.1) is 0 Å². The normalized spacial score (nSPS) is 9.97. The van der Waals surface area contributed by atoms with Crippen LogP contribution in [0.2, 0.25) is 5.02 Å². The highest BCUT2D eigenvalue weighted by Crippen LogP contribution is 2.35. The highest BCUT2D eigenvalue weighted by atomic mass is 35.5. The maximum atomic E-state index is 13.0. The molecular weight excluding hydrogens is 430 g/mol. The molecule has 0 aliphatic carbocycles. The zero-order valence-corrected chi connectivity index (χ0v) is 18.1. The smallest absolute Gasteiger partial charge is 0.426 e. The summed E-state index contributed by atoms with van der Waals surface area (Å²) in [7, 11) is 3.92. The van der Waals surface area contributed by atoms with Gasteiger partial charge in [0.25, 0.3) is 0 Å². The second-order valence-electron chi connectivity index (χ2n) is 5.82. The number of amides is 3. The molecule has 31 heavy (non-hydrogen) atoms. The van der Waals surface area contributed by atoms with Crippen molar-refractivity contribution in [2.24, 2.45) is 0 Å². The predicted molar refractivity (Wildman–Crippen MR) is 114 cm³/mol. The summed E-state index contributed by atoms with van der Waals surface area (Å²) in [5.41, 5.74) is 2.72. The third-order valence-corrected chi connectivity index (χ3v) is 4.14. The minimum absolute atomic E-state index is 0.00649. The highest BCUT2D eigenvalue weighted by Gasteiger charge is 2.27. The van der Waals surface area contributed by atoms with Crippen molar-refractivity contribution in [3.8, 4) is 11.5 Å². The molecule has 2 aromatic carbocycles. The Bertz CT molecular complexity index is 968. The molecule has 0 atom stereocenters. The van der Waals surface area contributed by atoms with Gasteiger partial charge in [0.15, 0.2) is 0 Å². The Labute approximate surface area is 183 Å². The van der Waals surface area contributed by atoms with Crippen molar-refractivity contribution in [1.29, 1.82) is 0 Å². The van der Waals surface area contributed by atoms with Crippen LogP contribution in [0.15, 0.2) is 36.4 Å². The highest BCUT2D eigenvalue weighted by molar-refractivity contribution is 6.31. The lowest BCUT2D eigenvalue weighted by Crippen LogP contribution is -2.49. The number of rotatable bonds is 6. The zero-order valence-electron chi connectivity index (χ0n) is 17.4. The largest absolute Gasteiger partial charge is 0.496 e. The number of methoxy groups -OCH3 is 3. The van der Waals surface area contributed by atoms with Crippen LogP contribution in [0.3, 0.4) is 0 Å². The maximum absolute atomic E-state index is 13.0. The Balaban J connectivity index is 2.55. The summed E-state index contributed by atoms with van der Waals surface area (Å²) in [6, 6.07) is 8.30. The molecule has 0 radical (unpaired) electrons. The minimum atomic E-state index is -0.902. The molecule has 0 fully saturated rings. The van der Waals surface area contributed by atoms with Crippen LogP contribution in [0.5, 0.6) is 11.5 Å². The van der Waals surface area contributed by atoms with Gasteiger partial charge in [0.2, 0.25) is 0 Å². The molecule has 0 saturated heterocycles. The number of carbonyl (C=O) groups is 3. The van der Waals surface area contributed by atoms with Crippen LogP contribution in [0.1, 0.15) is 17.3 Å². The van der Waals surface area contributed by atoms with E-state index in [-0.39, 0.29) is 29.4 Å². The lowest BCUT2D eigenvalue weighted by Gasteiger charge is -2.25. The number of esters is 1. The number of hydrogen-bond donors (Lipinski definition) is 2. The monoisotopic (exact) mass is 451 g/mol. The second-order valence-corrected chi connectivity index (χ2v) is 6.26. The van der Waals surface area contributed by atoms with Crippen molar-refractivity contribution in [3.05, 3.63) is 47.0 Å². The number of carbonyl (C=O) groups excluding carboxylic acids is 3. The van der Waals surface area contributed by atoms with Crippen molar-refractivity contribution in [3.63, 3.8) is 0 Å². The van der Waals surface area contributed by atoms with Crippen molar-refractivity contribution < 1.29 is 33.3 Å². The minimum Gasteiger partial charge on any atom is -0.496 e. The Kier molecular flexibility index (Phi) is 8.33. The van der Waals surface area contributed by atoms with E-state index in [1.807, 2.05) is 0 Å². The van der Waals surface area contributed by atoms with Gasteiger partial charge in [-0.05, 0) is 31.2 Å². The number of nitrogens with one attached hydrogen (secondary N) is 2. The van der Waals surface area contributed by atoms with E-state index < -0.39 is 18.1 Å². The number of nitrogens with zero attached hydrogens (tertiary/aromatic N) is 1. The fourth-order valence-electron chi connectivity index (χ4n) is 2.55. The Hall–Kier alpha value is -3.66. The van der Waals surface area contributed by atoms with Crippen LogP contribution in [-0.2, 0) is 9.47 Å². The van der Waals surface area contributed by atoms with Gasteiger partial charge in [0.1, 0.15) is 22.7 Å². The van der Waals surface area contributed by atoms with Gasteiger partial charge >= 0.3 is 18.1 Å². The van der Waals surface area contributed by atoms with E-state index >= 15 is 0 Å². The van der Waals surface area contributed by atoms with E-state index in [0.717, 1.165) is 5.01 Å². The second kappa shape index (κ2) is 10.9. The number of urea groups is 1. The number of halogens is 1. The van der Waals surface area contributed by atoms with Gasteiger partial charge < -0.3 is 24.3 Å². The Morgan fingerprint density at radius 2 is 1.74 bits per heavy atom. The van der Waals surface area contributed by atoms with Gasteiger partial charge in [0, 0.05) is 16.8 Å². The molecule has 2 aromatic rings. The zero-order chi connectivity index (χ0) is 23.0. The maximum Gasteiger partial charge on any atom is 0.426 e. The molecule has 166 valence electrons. The van der Waals surface area contributed by atoms with Crippen LogP contribution in [0.4, 0.5) is 21.0 Å². The molecule has 0 heterocycles. The summed E-state index contributed by atoms with van der Waals surface area (Å²) >= 11 is 5.96. The van der Waals surface area contributed by atoms with Gasteiger partial charge in [-0.1, -0.05) is 17.7 Å². The quantitative estimate of drug-likeness (QED) is 0.506. The molecular formula is C20H22ClN3O7. The van der Waals surface area contributed by atoms with Gasteiger partial charge in [-0.3, -0.25) is 0 Å². The number of hydrazine groups is 1. The van der Waals surface area contributed by atoms with Crippen molar-refractivity contribution in [2.45, 2.75) is 6.92 Å². The molecule has 0 spiro atoms. The van der Waals surface area contributed by atoms with Gasteiger partial charge in [-0.25, -0.2) is 19.8 Å². The summed E-state index contributed by atoms with van der Waals surface area (Å²) in [4.78, 5) is 37.3. The van der Waals surface area contributed by atoms with E-state index in [4.69, 9.17) is 30.5 Å². The molecule has 0 saturated carbocycles. The summed E-state index contributed by atoms with van der Waals surface area (Å²) in [6.07, 6.45) is -0.902. The molecule has 2 N–H and O–H groups in total. The molecule has 0 unspecified atom stereocenters. The molecule has 0 aliphatic rings. The van der Waals surface area contributed by atoms with E-state index in [0.29, 0.717) is 10.7 Å². The number of benzene rings is 2. The average molecular weight is 452 g/mol. The molecule has 0 bridgehead atoms. The van der Waals surface area contributed by atoms with E-state index in [1.54, 1.807) is 25.1 Å². The van der Waals surface area contributed by atoms with E-state index in [1.165, 1.54) is 39.5 Å². The topological polar surface area (TPSA) is 115 Å². The Morgan fingerprint density at radius 3 is 2.32 bits per heavy atom. The van der Waals surface area contributed by atoms with E-state index in [2.05, 4.69) is 10.7 Å². The van der Waals surface area contributed by atoms with Crippen LogP contribution < -0.4 is 25.2 Å². The average Bonchev–Trinajstić information content (AvgIpc) is 2.76. The first-order valence-electron chi connectivity index (χ1n) is 8.99. The molecule has 2 rings (SSSR count). The summed E-state index contributed by atoms with van der Waals surface area (Å²) in [5.74, 6) is -0.437. The summed E-state index contributed by atoms with van der Waals surface area (Å²) < 4.78 is 20.2. The van der Waals surface area contributed by atoms with Crippen molar-refractivity contribution in [1.82, 2.24) is 5.43 Å². The van der Waals surface area contributed by atoms with Crippen LogP contribution >= 0.6 is 11.6 Å². The fourth-order valence-corrected chi connectivity index (χ4v) is 2.74. The van der Waals surface area contributed by atoms with Crippen LogP contribution in [0, 0.1) is 0 Å². The van der Waals surface area contributed by atoms with Crippen LogP contribution in [0.25, 0.3) is 0 Å². The van der Waals surface area contributed by atoms with E-state index in [9.17, 15) is 14.4 Å². The summed E-state index contributed by atoms with van der Waals surface area (Å²) in [6.45, 7) is 1.68. The van der Waals surface area contributed by atoms with Gasteiger partial charge in [-0.2, -0.15) is 5.01 Å². The third-order valence-electron chi connectivity index (χ3n) is 3.90. The first-order valence-corrected chi connectivity index (χ1v) is 9.36. The molecule has 0 aromatic heterocycles. The SMILES string of the molecule is CCOC(=O)NN(C(=O)Nc1cccc(Cl)c1)c1cc(C(=O)OC)c(OC)cc1OC. The number of hydrogen-bond acceptors (Lipinski definition) is 7. The molecule has 10 nitrogen and oxygen atoms in total. The fraction of sp³-hybridized carbons (Fsp3) is 0.250. The molecule has 11 heteroatoms. The Morgan fingerprint density at radius 1 is 1.03 bits per heavy atom. The summed E-state index contributed by atoms with van der Waals surface area (Å²) in [5, 5.41) is 3.84. The van der Waals surface area contributed by atoms with Crippen molar-refractivity contribution >= 4 is 41.1 Å². The molecule has 3 amide bonds. The standard InChI is InChI=1S/C20H22ClN3O7/c1-5-31-20(27)23-24(19(26)22-13-8-6-7-12(21)9-13)15-10-14(18(25)30-4)16(28-2)11-17(15)29-3/h6-11H,5H2,1-4H3,(H,22,26)(H,23,27). The first-order chi connectivity index (χ1) is 14.8. The van der Waals surface area contributed by atoms with Crippen LogP contribution in [-0.4, -0.2) is 46.0 Å². The predicted octanol–water partition coefficient (Wildman–Crippen LogP) is 3.84. The number of ether oxygens (including phenoxy) is 4. The lowest BCUT2D eigenvalue weighted by molar-refractivity contribution is 0.0597. The van der Waals surface area contributed by atoms with Crippen molar-refractivity contribution in [2.75, 3.05) is 38.3 Å².